The van der Waals surface area contributed by atoms with Crippen molar-refractivity contribution in [3.8, 4) is 0 Å². The summed E-state index contributed by atoms with van der Waals surface area (Å²) >= 11 is 6.13. The molecule has 3 heteroatoms. The van der Waals surface area contributed by atoms with Crippen molar-refractivity contribution in [1.82, 2.24) is 5.48 Å². The van der Waals surface area contributed by atoms with Crippen LogP contribution in [0.4, 0.5) is 0 Å². The Hall–Kier alpha value is -0.570. The van der Waals surface area contributed by atoms with Gasteiger partial charge in [-0.15, -0.1) is 0 Å². The fourth-order valence-corrected chi connectivity index (χ4v) is 2.34. The number of rotatable bonds is 4. The van der Waals surface area contributed by atoms with Gasteiger partial charge in [0, 0.05) is 11.6 Å². The molecule has 0 spiro atoms. The average Bonchev–Trinajstić information content (AvgIpc) is 2.74. The molecular formula is C13H18ClNO. The fraction of sp³-hybridized carbons (Fsp3) is 0.538. The Balaban J connectivity index is 1.80. The predicted octanol–water partition coefficient (Wildman–Crippen LogP) is 3.61. The Morgan fingerprint density at radius 2 is 2.12 bits per heavy atom. The maximum Gasteiger partial charge on any atom is 0.0790 e. The number of halogens is 1. The van der Waals surface area contributed by atoms with Crippen molar-refractivity contribution >= 4 is 11.6 Å². The molecule has 1 aliphatic carbocycles. The molecule has 0 radical (unpaired) electrons. The Morgan fingerprint density at radius 1 is 1.38 bits per heavy atom. The van der Waals surface area contributed by atoms with E-state index in [4.69, 9.17) is 16.4 Å². The minimum atomic E-state index is 0.393. The van der Waals surface area contributed by atoms with Crippen molar-refractivity contribution in [1.29, 1.82) is 0 Å². The van der Waals surface area contributed by atoms with Crippen LogP contribution in [-0.4, -0.2) is 6.10 Å². The molecule has 0 amide bonds. The molecule has 2 rings (SSSR count). The quantitative estimate of drug-likeness (QED) is 0.811. The van der Waals surface area contributed by atoms with E-state index in [2.05, 4.69) is 11.5 Å². The molecule has 1 saturated carbocycles. The number of hydrogen-bond acceptors (Lipinski definition) is 2. The molecule has 0 saturated heterocycles. The lowest BCUT2D eigenvalue weighted by atomic mass is 10.1. The summed E-state index contributed by atoms with van der Waals surface area (Å²) in [5, 5.41) is 0.808. The van der Waals surface area contributed by atoms with Crippen molar-refractivity contribution in [3.63, 3.8) is 0 Å². The minimum absolute atomic E-state index is 0.393. The smallest absolute Gasteiger partial charge is 0.0790 e. The Morgan fingerprint density at radius 3 is 2.81 bits per heavy atom. The third-order valence-electron chi connectivity index (χ3n) is 3.02. The highest BCUT2D eigenvalue weighted by Gasteiger charge is 2.15. The number of benzene rings is 1. The van der Waals surface area contributed by atoms with Crippen LogP contribution < -0.4 is 5.48 Å². The summed E-state index contributed by atoms with van der Waals surface area (Å²) in [6.07, 6.45) is 5.32. The second kappa shape index (κ2) is 5.67. The summed E-state index contributed by atoms with van der Waals surface area (Å²) in [4.78, 5) is 5.58. The third-order valence-corrected chi connectivity index (χ3v) is 3.38. The molecule has 0 aromatic heterocycles. The van der Waals surface area contributed by atoms with Crippen LogP contribution in [0.15, 0.2) is 18.2 Å². The predicted molar refractivity (Wildman–Crippen MR) is 66.4 cm³/mol. The first kappa shape index (κ1) is 11.9. The lowest BCUT2D eigenvalue weighted by molar-refractivity contribution is -0.0244. The van der Waals surface area contributed by atoms with Gasteiger partial charge in [0.15, 0.2) is 0 Å². The Bertz CT molecular complexity index is 348. The van der Waals surface area contributed by atoms with E-state index < -0.39 is 0 Å². The Labute approximate surface area is 102 Å². The molecular weight excluding hydrogens is 222 g/mol. The summed E-state index contributed by atoms with van der Waals surface area (Å²) in [5.74, 6) is 0. The van der Waals surface area contributed by atoms with Crippen molar-refractivity contribution in [2.75, 3.05) is 0 Å². The Kier molecular flexibility index (Phi) is 4.22. The van der Waals surface area contributed by atoms with E-state index in [9.17, 15) is 0 Å². The average molecular weight is 240 g/mol. The van der Waals surface area contributed by atoms with Crippen molar-refractivity contribution in [2.45, 2.75) is 45.3 Å². The highest BCUT2D eigenvalue weighted by molar-refractivity contribution is 6.31. The van der Waals surface area contributed by atoms with E-state index >= 15 is 0 Å². The zero-order valence-corrected chi connectivity index (χ0v) is 10.4. The standard InChI is InChI=1S/C13H18ClNO/c1-10-6-7-11(13(14)8-10)9-15-16-12-4-2-3-5-12/h6-8,12,15H,2-5,9H2,1H3. The first-order chi connectivity index (χ1) is 7.75. The second-order valence-corrected chi connectivity index (χ2v) is 4.85. The molecule has 1 aliphatic rings. The monoisotopic (exact) mass is 239 g/mol. The minimum Gasteiger partial charge on any atom is -0.298 e. The highest BCUT2D eigenvalue weighted by atomic mass is 35.5. The van der Waals surface area contributed by atoms with Crippen LogP contribution >= 0.6 is 11.6 Å². The number of hydroxylamine groups is 1. The molecule has 0 bridgehead atoms. The topological polar surface area (TPSA) is 21.3 Å². The molecule has 88 valence electrons. The van der Waals surface area contributed by atoms with E-state index in [0.29, 0.717) is 12.6 Å². The van der Waals surface area contributed by atoms with Gasteiger partial charge >= 0.3 is 0 Å². The van der Waals surface area contributed by atoms with Crippen LogP contribution in [0.1, 0.15) is 36.8 Å². The van der Waals surface area contributed by atoms with Gasteiger partial charge < -0.3 is 0 Å². The van der Waals surface area contributed by atoms with E-state index in [0.717, 1.165) is 10.6 Å². The number of aryl methyl sites for hydroxylation is 1. The van der Waals surface area contributed by atoms with Crippen molar-refractivity contribution in [3.05, 3.63) is 34.3 Å². The van der Waals surface area contributed by atoms with Gasteiger partial charge in [0.05, 0.1) is 6.10 Å². The SMILES string of the molecule is Cc1ccc(CNOC2CCCC2)c(Cl)c1. The van der Waals surface area contributed by atoms with Crippen LogP contribution in [0.25, 0.3) is 0 Å². The maximum atomic E-state index is 6.13. The van der Waals surface area contributed by atoms with Gasteiger partial charge in [0.1, 0.15) is 0 Å². The molecule has 0 atom stereocenters. The van der Waals surface area contributed by atoms with Gasteiger partial charge in [-0.2, -0.15) is 5.48 Å². The van der Waals surface area contributed by atoms with Crippen LogP contribution in [-0.2, 0) is 11.4 Å². The summed E-state index contributed by atoms with van der Waals surface area (Å²) in [7, 11) is 0. The lowest BCUT2D eigenvalue weighted by Crippen LogP contribution is -2.21. The van der Waals surface area contributed by atoms with Crippen LogP contribution in [0.2, 0.25) is 5.02 Å². The van der Waals surface area contributed by atoms with Crippen LogP contribution in [0, 0.1) is 6.92 Å². The molecule has 1 N–H and O–H groups in total. The largest absolute Gasteiger partial charge is 0.298 e. The summed E-state index contributed by atoms with van der Waals surface area (Å²) < 4.78 is 0. The summed E-state index contributed by atoms with van der Waals surface area (Å²) in [6.45, 7) is 2.72. The number of nitrogens with one attached hydrogen (secondary N) is 1. The van der Waals surface area contributed by atoms with E-state index in [1.807, 2.05) is 19.1 Å². The number of hydrogen-bond donors (Lipinski definition) is 1. The van der Waals surface area contributed by atoms with Gasteiger partial charge in [-0.05, 0) is 37.0 Å². The van der Waals surface area contributed by atoms with E-state index in [-0.39, 0.29) is 0 Å². The van der Waals surface area contributed by atoms with Gasteiger partial charge in [-0.1, -0.05) is 36.6 Å². The zero-order valence-electron chi connectivity index (χ0n) is 9.63. The second-order valence-electron chi connectivity index (χ2n) is 4.44. The molecule has 16 heavy (non-hydrogen) atoms. The highest BCUT2D eigenvalue weighted by Crippen LogP contribution is 2.21. The van der Waals surface area contributed by atoms with Crippen LogP contribution in [0.5, 0.6) is 0 Å². The molecule has 0 unspecified atom stereocenters. The maximum absolute atomic E-state index is 6.13. The molecule has 1 aromatic carbocycles. The summed E-state index contributed by atoms with van der Waals surface area (Å²) in [5.41, 5.74) is 5.29. The molecule has 0 heterocycles. The normalized spacial score (nSPS) is 16.9. The van der Waals surface area contributed by atoms with E-state index in [1.54, 1.807) is 0 Å². The van der Waals surface area contributed by atoms with Gasteiger partial charge in [-0.3, -0.25) is 4.84 Å². The van der Waals surface area contributed by atoms with E-state index in [1.165, 1.54) is 31.2 Å². The molecule has 0 aliphatic heterocycles. The van der Waals surface area contributed by atoms with Crippen LogP contribution in [0.3, 0.4) is 0 Å². The van der Waals surface area contributed by atoms with Crippen molar-refractivity contribution in [2.24, 2.45) is 0 Å². The zero-order chi connectivity index (χ0) is 11.4. The fourth-order valence-electron chi connectivity index (χ4n) is 2.04. The molecule has 1 fully saturated rings. The third kappa shape index (κ3) is 3.21. The van der Waals surface area contributed by atoms with Gasteiger partial charge in [0.25, 0.3) is 0 Å². The molecule has 1 aromatic rings. The first-order valence-electron chi connectivity index (χ1n) is 5.89. The molecule has 2 nitrogen and oxygen atoms in total. The van der Waals surface area contributed by atoms with Crippen molar-refractivity contribution < 1.29 is 4.84 Å². The lowest BCUT2D eigenvalue weighted by Gasteiger charge is -2.12. The van der Waals surface area contributed by atoms with Gasteiger partial charge in [-0.25, -0.2) is 0 Å². The van der Waals surface area contributed by atoms with Gasteiger partial charge in [0.2, 0.25) is 0 Å². The summed E-state index contributed by atoms with van der Waals surface area (Å²) in [6, 6.07) is 6.09. The first-order valence-corrected chi connectivity index (χ1v) is 6.27.